The number of carbonyl (C=O) groups is 1. The lowest BCUT2D eigenvalue weighted by molar-refractivity contribution is -0.115. The molecule has 0 bridgehead atoms. The van der Waals surface area contributed by atoms with Gasteiger partial charge in [-0.3, -0.25) is 4.79 Å². The molecule has 76 valence electrons. The summed E-state index contributed by atoms with van der Waals surface area (Å²) in [5, 5.41) is 1.24. The molecule has 0 unspecified atom stereocenters. The number of rotatable bonds is 4. The summed E-state index contributed by atoms with van der Waals surface area (Å²) in [5.41, 5.74) is 3.61. The van der Waals surface area contributed by atoms with Gasteiger partial charge in [0.2, 0.25) is 0 Å². The van der Waals surface area contributed by atoms with Gasteiger partial charge in [-0.25, -0.2) is 0 Å². The van der Waals surface area contributed by atoms with Gasteiger partial charge in [0.05, 0.1) is 5.33 Å². The van der Waals surface area contributed by atoms with Gasteiger partial charge in [0.15, 0.2) is 0 Å². The number of Topliss-reactive ketones (excluding diaryl/α,β-unsaturated/α-hetero) is 1. The molecule has 0 atom stereocenters. The van der Waals surface area contributed by atoms with E-state index in [1.165, 1.54) is 11.1 Å². The number of hydrogen-bond donors (Lipinski definition) is 0. The van der Waals surface area contributed by atoms with Gasteiger partial charge in [-0.2, -0.15) is 0 Å². The maximum absolute atomic E-state index is 11.3. The maximum Gasteiger partial charge on any atom is 0.147 e. The molecule has 0 aromatic heterocycles. The largest absolute Gasteiger partial charge is 0.298 e. The van der Waals surface area contributed by atoms with Gasteiger partial charge in [-0.15, -0.1) is 0 Å². The van der Waals surface area contributed by atoms with E-state index in [1.807, 2.05) is 12.1 Å². The Hall–Kier alpha value is -0.150. The van der Waals surface area contributed by atoms with E-state index in [9.17, 15) is 4.79 Å². The Balaban J connectivity index is 2.96. The summed E-state index contributed by atoms with van der Waals surface area (Å²) in [6, 6.07) is 6.08. The van der Waals surface area contributed by atoms with Crippen LogP contribution in [0, 0.1) is 6.92 Å². The minimum absolute atomic E-state index is 0.220. The lowest BCUT2D eigenvalue weighted by Crippen LogP contribution is -2.06. The number of aryl methyl sites for hydroxylation is 1. The van der Waals surface area contributed by atoms with Crippen molar-refractivity contribution in [2.45, 2.75) is 18.7 Å². The van der Waals surface area contributed by atoms with Crippen LogP contribution >= 0.6 is 31.9 Å². The molecule has 1 aromatic rings. The number of benzene rings is 1. The summed E-state index contributed by atoms with van der Waals surface area (Å²) in [6.07, 6.45) is 0.522. The fourth-order valence-corrected chi connectivity index (χ4v) is 2.38. The molecule has 0 aliphatic carbocycles. The van der Waals surface area contributed by atoms with Crippen molar-refractivity contribution < 1.29 is 4.79 Å². The highest BCUT2D eigenvalue weighted by atomic mass is 79.9. The van der Waals surface area contributed by atoms with Gasteiger partial charge in [0.1, 0.15) is 5.78 Å². The zero-order valence-electron chi connectivity index (χ0n) is 8.02. The Kier molecular flexibility index (Phi) is 4.82. The molecule has 1 aromatic carbocycles. The van der Waals surface area contributed by atoms with Gasteiger partial charge < -0.3 is 0 Å². The molecule has 1 nitrogen and oxygen atoms in total. The van der Waals surface area contributed by atoms with E-state index in [4.69, 9.17) is 0 Å². The molecule has 0 N–H and O–H groups in total. The molecule has 0 saturated heterocycles. The average molecular weight is 320 g/mol. The quantitative estimate of drug-likeness (QED) is 0.777. The van der Waals surface area contributed by atoms with Crippen LogP contribution in [0.1, 0.15) is 16.7 Å². The summed E-state index contributed by atoms with van der Waals surface area (Å²) >= 11 is 6.62. The molecular weight excluding hydrogens is 308 g/mol. The van der Waals surface area contributed by atoms with Gasteiger partial charge in [0, 0.05) is 11.8 Å². The van der Waals surface area contributed by atoms with E-state index < -0.39 is 0 Å². The number of halogens is 2. The second-order valence-electron chi connectivity index (χ2n) is 3.20. The summed E-state index contributed by atoms with van der Waals surface area (Å²) in [6.45, 7) is 2.07. The molecular formula is C11H12Br2O. The van der Waals surface area contributed by atoms with Crippen LogP contribution in [0.15, 0.2) is 18.2 Å². The smallest absolute Gasteiger partial charge is 0.147 e. The van der Waals surface area contributed by atoms with Crippen molar-refractivity contribution in [1.29, 1.82) is 0 Å². The molecule has 0 spiro atoms. The van der Waals surface area contributed by atoms with Crippen molar-refractivity contribution in [1.82, 2.24) is 0 Å². The molecule has 0 aliphatic heterocycles. The van der Waals surface area contributed by atoms with E-state index in [-0.39, 0.29) is 5.78 Å². The van der Waals surface area contributed by atoms with E-state index in [0.717, 1.165) is 10.9 Å². The lowest BCUT2D eigenvalue weighted by atomic mass is 10.00. The molecule has 0 fully saturated rings. The standard InChI is InChI=1S/C11H12Br2O/c1-8-3-2-4-9(11(8)7-13)5-10(14)6-12/h2-4H,5-7H2,1H3. The van der Waals surface area contributed by atoms with Crippen LogP contribution in [0.3, 0.4) is 0 Å². The summed E-state index contributed by atoms with van der Waals surface area (Å²) in [7, 11) is 0. The molecule has 0 radical (unpaired) electrons. The van der Waals surface area contributed by atoms with Gasteiger partial charge in [0.25, 0.3) is 0 Å². The van der Waals surface area contributed by atoms with Crippen molar-refractivity contribution in [3.63, 3.8) is 0 Å². The third-order valence-corrected chi connectivity index (χ3v) is 3.36. The molecule has 3 heteroatoms. The number of hydrogen-bond acceptors (Lipinski definition) is 1. The number of carbonyl (C=O) groups excluding carboxylic acids is 1. The van der Waals surface area contributed by atoms with E-state index in [1.54, 1.807) is 0 Å². The van der Waals surface area contributed by atoms with E-state index >= 15 is 0 Å². The summed E-state index contributed by atoms with van der Waals surface area (Å²) in [4.78, 5) is 11.3. The number of alkyl halides is 2. The maximum atomic E-state index is 11.3. The fourth-order valence-electron chi connectivity index (χ4n) is 1.38. The second kappa shape index (κ2) is 5.66. The van der Waals surface area contributed by atoms with Crippen LogP contribution in [0.5, 0.6) is 0 Å². The Morgan fingerprint density at radius 2 is 2.07 bits per heavy atom. The second-order valence-corrected chi connectivity index (χ2v) is 4.32. The van der Waals surface area contributed by atoms with Crippen molar-refractivity contribution in [2.24, 2.45) is 0 Å². The third kappa shape index (κ3) is 2.92. The van der Waals surface area contributed by atoms with Crippen molar-refractivity contribution >= 4 is 37.6 Å². The summed E-state index contributed by atoms with van der Waals surface area (Å²) in [5.74, 6) is 0.220. The lowest BCUT2D eigenvalue weighted by Gasteiger charge is -2.08. The van der Waals surface area contributed by atoms with Crippen LogP contribution in [0.2, 0.25) is 0 Å². The normalized spacial score (nSPS) is 10.2. The van der Waals surface area contributed by atoms with Crippen LogP contribution in [-0.2, 0) is 16.5 Å². The summed E-state index contributed by atoms with van der Waals surface area (Å²) < 4.78 is 0. The molecule has 0 aliphatic rings. The minimum Gasteiger partial charge on any atom is -0.298 e. The average Bonchev–Trinajstić information content (AvgIpc) is 2.18. The highest BCUT2D eigenvalue weighted by molar-refractivity contribution is 9.09. The first-order chi connectivity index (χ1) is 6.69. The fraction of sp³-hybridized carbons (Fsp3) is 0.364. The molecule has 0 heterocycles. The molecule has 0 saturated carbocycles. The Bertz CT molecular complexity index is 334. The predicted molar refractivity (Wildman–Crippen MR) is 66.3 cm³/mol. The monoisotopic (exact) mass is 318 g/mol. The van der Waals surface area contributed by atoms with Crippen molar-refractivity contribution in [3.8, 4) is 0 Å². The zero-order chi connectivity index (χ0) is 10.6. The molecule has 1 rings (SSSR count). The van der Waals surface area contributed by atoms with Crippen LogP contribution < -0.4 is 0 Å². The first-order valence-corrected chi connectivity index (χ1v) is 6.64. The molecule has 0 amide bonds. The first-order valence-electron chi connectivity index (χ1n) is 4.40. The van der Waals surface area contributed by atoms with Crippen LogP contribution in [0.4, 0.5) is 0 Å². The zero-order valence-corrected chi connectivity index (χ0v) is 11.2. The minimum atomic E-state index is 0.220. The van der Waals surface area contributed by atoms with Gasteiger partial charge in [-0.05, 0) is 23.6 Å². The van der Waals surface area contributed by atoms with Crippen LogP contribution in [0.25, 0.3) is 0 Å². The first kappa shape index (κ1) is 11.9. The highest BCUT2D eigenvalue weighted by Gasteiger charge is 2.07. The van der Waals surface area contributed by atoms with E-state index in [0.29, 0.717) is 11.8 Å². The van der Waals surface area contributed by atoms with Gasteiger partial charge in [-0.1, -0.05) is 50.1 Å². The highest BCUT2D eigenvalue weighted by Crippen LogP contribution is 2.18. The third-order valence-electron chi connectivity index (χ3n) is 2.18. The number of ketones is 1. The Morgan fingerprint density at radius 3 is 2.64 bits per heavy atom. The van der Waals surface area contributed by atoms with Crippen molar-refractivity contribution in [2.75, 3.05) is 5.33 Å². The Morgan fingerprint density at radius 1 is 1.36 bits per heavy atom. The van der Waals surface area contributed by atoms with Crippen LogP contribution in [-0.4, -0.2) is 11.1 Å². The SMILES string of the molecule is Cc1cccc(CC(=O)CBr)c1CBr. The van der Waals surface area contributed by atoms with E-state index in [2.05, 4.69) is 44.8 Å². The molecule has 14 heavy (non-hydrogen) atoms. The topological polar surface area (TPSA) is 17.1 Å². The van der Waals surface area contributed by atoms with Crippen molar-refractivity contribution in [3.05, 3.63) is 34.9 Å². The van der Waals surface area contributed by atoms with Gasteiger partial charge >= 0.3 is 0 Å². The predicted octanol–water partition coefficient (Wildman–Crippen LogP) is 3.40. The Labute approximate surface area is 101 Å².